The van der Waals surface area contributed by atoms with Crippen molar-refractivity contribution in [3.05, 3.63) is 56.0 Å². The average molecular weight is 422 g/mol. The van der Waals surface area contributed by atoms with E-state index < -0.39 is 15.8 Å². The van der Waals surface area contributed by atoms with Gasteiger partial charge in [-0.15, -0.1) is 0 Å². The van der Waals surface area contributed by atoms with Crippen molar-refractivity contribution >= 4 is 61.6 Å². The van der Waals surface area contributed by atoms with Crippen LogP contribution in [-0.4, -0.2) is 13.0 Å². The molecule has 1 heterocycles. The fraction of sp³-hybridized carbons (Fsp3) is 0.133. The largest absolute Gasteiger partial charge is 0.419 e. The normalized spacial score (nSPS) is 11.8. The molecule has 10 heteroatoms. The Labute approximate surface area is 158 Å². The maximum absolute atomic E-state index is 12.6. The van der Waals surface area contributed by atoms with E-state index in [1.807, 2.05) is 0 Å². The molecule has 0 radical (unpaired) electrons. The minimum atomic E-state index is -4.05. The van der Waals surface area contributed by atoms with E-state index in [1.54, 1.807) is 6.92 Å². The van der Waals surface area contributed by atoms with Gasteiger partial charge in [0.25, 0.3) is 10.0 Å². The van der Waals surface area contributed by atoms with E-state index in [9.17, 15) is 13.2 Å². The molecular formula is C15H11Cl3N2O4S. The summed E-state index contributed by atoms with van der Waals surface area (Å²) in [6, 6.07) is 6.88. The smallest absolute Gasteiger partial charge is 0.408 e. The van der Waals surface area contributed by atoms with Crippen LogP contribution in [-0.2, 0) is 16.6 Å². The molecule has 0 saturated heterocycles. The number of sulfonamides is 1. The average Bonchev–Trinajstić information content (AvgIpc) is 2.79. The molecule has 3 rings (SSSR count). The maximum atomic E-state index is 12.6. The van der Waals surface area contributed by atoms with Crippen LogP contribution in [0.4, 0.5) is 5.69 Å². The third-order valence-corrected chi connectivity index (χ3v) is 5.72. The van der Waals surface area contributed by atoms with Crippen LogP contribution in [0, 0.1) is 0 Å². The number of fused-ring (bicyclic) bond motifs is 1. The molecule has 0 aliphatic heterocycles. The van der Waals surface area contributed by atoms with Crippen LogP contribution in [0.1, 0.15) is 6.92 Å². The standard InChI is InChI=1S/C15H11Cl3N2O4S/c1-2-20-12-6-11(18)14(7-13(12)24-15(20)21)25(22,23)19-10-4-8(16)3-9(17)5-10/h3-7,19H,2H2,1H3. The fourth-order valence-electron chi connectivity index (χ4n) is 2.39. The summed E-state index contributed by atoms with van der Waals surface area (Å²) >= 11 is 17.9. The second-order valence-corrected chi connectivity index (χ2v) is 8.06. The van der Waals surface area contributed by atoms with Gasteiger partial charge in [-0.2, -0.15) is 0 Å². The molecule has 1 N–H and O–H groups in total. The van der Waals surface area contributed by atoms with E-state index in [1.165, 1.54) is 34.9 Å². The highest BCUT2D eigenvalue weighted by atomic mass is 35.5. The van der Waals surface area contributed by atoms with E-state index in [0.717, 1.165) is 0 Å². The van der Waals surface area contributed by atoms with Gasteiger partial charge in [-0.1, -0.05) is 34.8 Å². The lowest BCUT2D eigenvalue weighted by Gasteiger charge is -2.10. The number of nitrogens with zero attached hydrogens (tertiary/aromatic N) is 1. The van der Waals surface area contributed by atoms with Crippen molar-refractivity contribution in [2.45, 2.75) is 18.4 Å². The molecule has 0 spiro atoms. The molecule has 0 amide bonds. The zero-order valence-electron chi connectivity index (χ0n) is 12.7. The summed E-state index contributed by atoms with van der Waals surface area (Å²) in [4.78, 5) is 11.5. The van der Waals surface area contributed by atoms with E-state index in [4.69, 9.17) is 39.2 Å². The van der Waals surface area contributed by atoms with Crippen molar-refractivity contribution in [2.24, 2.45) is 0 Å². The van der Waals surface area contributed by atoms with Crippen LogP contribution in [0.15, 0.2) is 44.4 Å². The molecule has 0 atom stereocenters. The van der Waals surface area contributed by atoms with Gasteiger partial charge >= 0.3 is 5.76 Å². The second kappa shape index (κ2) is 6.57. The second-order valence-electron chi connectivity index (χ2n) is 5.13. The Morgan fingerprint density at radius 1 is 1.08 bits per heavy atom. The molecule has 1 aromatic heterocycles. The first-order valence-corrected chi connectivity index (χ1v) is 9.65. The van der Waals surface area contributed by atoms with Gasteiger partial charge in [-0.05, 0) is 31.2 Å². The number of anilines is 1. The minimum absolute atomic E-state index is 0.0453. The summed E-state index contributed by atoms with van der Waals surface area (Å²) in [5.41, 5.74) is 0.726. The zero-order chi connectivity index (χ0) is 18.4. The molecular weight excluding hydrogens is 411 g/mol. The Hall–Kier alpha value is -1.67. The molecule has 0 bridgehead atoms. The number of nitrogens with one attached hydrogen (secondary N) is 1. The summed E-state index contributed by atoms with van der Waals surface area (Å²) in [6.45, 7) is 2.13. The third kappa shape index (κ3) is 3.50. The van der Waals surface area contributed by atoms with Gasteiger partial charge in [0.2, 0.25) is 0 Å². The summed E-state index contributed by atoms with van der Waals surface area (Å²) in [6.07, 6.45) is 0. The summed E-state index contributed by atoms with van der Waals surface area (Å²) < 4.78 is 34.1. The predicted molar refractivity (Wildman–Crippen MR) is 98.4 cm³/mol. The van der Waals surface area contributed by atoms with Crippen molar-refractivity contribution < 1.29 is 12.8 Å². The molecule has 0 fully saturated rings. The van der Waals surface area contributed by atoms with Crippen molar-refractivity contribution in [3.8, 4) is 0 Å². The van der Waals surface area contributed by atoms with E-state index in [0.29, 0.717) is 12.1 Å². The Bertz CT molecular complexity index is 1120. The van der Waals surface area contributed by atoms with Crippen LogP contribution in [0.3, 0.4) is 0 Å². The van der Waals surface area contributed by atoms with E-state index in [2.05, 4.69) is 4.72 Å². The SMILES string of the molecule is CCn1c(=O)oc2cc(S(=O)(=O)Nc3cc(Cl)cc(Cl)c3)c(Cl)cc21. The van der Waals surface area contributed by atoms with Crippen LogP contribution in [0.2, 0.25) is 15.1 Å². The number of oxazole rings is 1. The van der Waals surface area contributed by atoms with E-state index in [-0.39, 0.29) is 31.2 Å². The van der Waals surface area contributed by atoms with E-state index >= 15 is 0 Å². The van der Waals surface area contributed by atoms with Crippen molar-refractivity contribution in [3.63, 3.8) is 0 Å². The number of rotatable bonds is 4. The lowest BCUT2D eigenvalue weighted by atomic mass is 10.3. The number of halogens is 3. The molecule has 3 aromatic rings. The van der Waals surface area contributed by atoms with Crippen molar-refractivity contribution in [1.29, 1.82) is 0 Å². The Morgan fingerprint density at radius 2 is 1.72 bits per heavy atom. The lowest BCUT2D eigenvalue weighted by Crippen LogP contribution is -2.14. The highest BCUT2D eigenvalue weighted by Gasteiger charge is 2.22. The third-order valence-electron chi connectivity index (χ3n) is 3.44. The Morgan fingerprint density at radius 3 is 2.32 bits per heavy atom. The van der Waals surface area contributed by atoms with Gasteiger partial charge in [-0.3, -0.25) is 9.29 Å². The fourth-order valence-corrected chi connectivity index (χ4v) is 4.50. The monoisotopic (exact) mass is 420 g/mol. The summed E-state index contributed by atoms with van der Waals surface area (Å²) in [5, 5.41) is 0.506. The van der Waals surface area contributed by atoms with Gasteiger partial charge < -0.3 is 4.42 Å². The number of hydrogen-bond donors (Lipinski definition) is 1. The van der Waals surface area contributed by atoms with Crippen LogP contribution in [0.25, 0.3) is 11.1 Å². The quantitative estimate of drug-likeness (QED) is 0.678. The highest BCUT2D eigenvalue weighted by Crippen LogP contribution is 2.30. The van der Waals surface area contributed by atoms with Crippen LogP contribution < -0.4 is 10.5 Å². The van der Waals surface area contributed by atoms with Gasteiger partial charge in [0, 0.05) is 22.7 Å². The first-order valence-electron chi connectivity index (χ1n) is 7.03. The van der Waals surface area contributed by atoms with Gasteiger partial charge in [0.1, 0.15) is 4.90 Å². The molecule has 0 aliphatic rings. The molecule has 0 saturated carbocycles. The molecule has 132 valence electrons. The van der Waals surface area contributed by atoms with Crippen molar-refractivity contribution in [2.75, 3.05) is 4.72 Å². The zero-order valence-corrected chi connectivity index (χ0v) is 15.8. The Kier molecular flexibility index (Phi) is 4.76. The van der Waals surface area contributed by atoms with Crippen LogP contribution >= 0.6 is 34.8 Å². The molecule has 25 heavy (non-hydrogen) atoms. The van der Waals surface area contributed by atoms with Crippen LogP contribution in [0.5, 0.6) is 0 Å². The maximum Gasteiger partial charge on any atom is 0.419 e. The number of aryl methyl sites for hydroxylation is 1. The lowest BCUT2D eigenvalue weighted by molar-refractivity contribution is 0.512. The predicted octanol–water partition coefficient (Wildman–Crippen LogP) is 4.38. The topological polar surface area (TPSA) is 81.3 Å². The minimum Gasteiger partial charge on any atom is -0.408 e. The highest BCUT2D eigenvalue weighted by molar-refractivity contribution is 7.92. The first-order chi connectivity index (χ1) is 11.7. The molecule has 6 nitrogen and oxygen atoms in total. The van der Waals surface area contributed by atoms with Gasteiger partial charge in [-0.25, -0.2) is 13.2 Å². The molecule has 0 unspecified atom stereocenters. The van der Waals surface area contributed by atoms with Gasteiger partial charge in [0.05, 0.1) is 16.2 Å². The number of aromatic nitrogens is 1. The Balaban J connectivity index is 2.10. The molecule has 2 aromatic carbocycles. The van der Waals surface area contributed by atoms with Gasteiger partial charge in [0.15, 0.2) is 5.58 Å². The molecule has 0 aliphatic carbocycles. The van der Waals surface area contributed by atoms with Crippen molar-refractivity contribution in [1.82, 2.24) is 4.57 Å². The number of hydrogen-bond acceptors (Lipinski definition) is 4. The summed E-state index contributed by atoms with van der Waals surface area (Å²) in [7, 11) is -4.05. The summed E-state index contributed by atoms with van der Waals surface area (Å²) in [5.74, 6) is -0.585. The first kappa shape index (κ1) is 18.1. The number of benzene rings is 2.